The van der Waals surface area contributed by atoms with Crippen LogP contribution in [0.3, 0.4) is 0 Å². The van der Waals surface area contributed by atoms with Crippen LogP contribution in [0.15, 0.2) is 73.0 Å². The van der Waals surface area contributed by atoms with Gasteiger partial charge >= 0.3 is 0 Å². The lowest BCUT2D eigenvalue weighted by Crippen LogP contribution is -1.97. The molecule has 0 radical (unpaired) electrons. The minimum atomic E-state index is 0.916. The molecule has 0 unspecified atom stereocenters. The van der Waals surface area contributed by atoms with Crippen molar-refractivity contribution in [3.63, 3.8) is 0 Å². The monoisotopic (exact) mass is 310 g/mol. The van der Waals surface area contributed by atoms with Gasteiger partial charge in [0.2, 0.25) is 0 Å². The van der Waals surface area contributed by atoms with E-state index in [4.69, 9.17) is 0 Å². The van der Waals surface area contributed by atoms with Crippen molar-refractivity contribution >= 4 is 11.8 Å². The zero-order valence-corrected chi connectivity index (χ0v) is 15.2. The van der Waals surface area contributed by atoms with E-state index < -0.39 is 0 Å². The third kappa shape index (κ3) is 7.46. The maximum atomic E-state index is 4.48. The van der Waals surface area contributed by atoms with Gasteiger partial charge in [-0.1, -0.05) is 56.9 Å². The third-order valence-electron chi connectivity index (χ3n) is 3.04. The molecule has 0 saturated carbocycles. The van der Waals surface area contributed by atoms with Gasteiger partial charge in [0.15, 0.2) is 0 Å². The highest BCUT2D eigenvalue weighted by Gasteiger charge is 2.01. The zero-order valence-electron chi connectivity index (χ0n) is 15.2. The molecule has 0 saturated heterocycles. The zero-order chi connectivity index (χ0) is 17.7. The van der Waals surface area contributed by atoms with Crippen LogP contribution in [0.5, 0.6) is 0 Å². The lowest BCUT2D eigenvalue weighted by Gasteiger charge is -2.04. The molecule has 0 N–H and O–H groups in total. The molecule has 0 fully saturated rings. The Morgan fingerprint density at radius 3 is 2.43 bits per heavy atom. The number of rotatable bonds is 4. The van der Waals surface area contributed by atoms with Gasteiger partial charge in [0.05, 0.1) is 11.4 Å². The molecule has 0 bridgehead atoms. The van der Waals surface area contributed by atoms with Crippen LogP contribution in [0.2, 0.25) is 0 Å². The molecule has 0 aromatic carbocycles. The van der Waals surface area contributed by atoms with E-state index in [0.717, 1.165) is 23.4 Å². The first-order valence-electron chi connectivity index (χ1n) is 8.11. The Labute approximate surface area is 141 Å². The van der Waals surface area contributed by atoms with E-state index in [9.17, 15) is 0 Å². The summed E-state index contributed by atoms with van der Waals surface area (Å²) < 4.78 is 1.82. The summed E-state index contributed by atoms with van der Waals surface area (Å²) in [4.78, 5) is 0. The van der Waals surface area contributed by atoms with E-state index >= 15 is 0 Å². The molecular formula is C21H30N2. The SMILES string of the molecule is C=C(/C(C)=C/C)n1ccc(/C=C/C2=CC=CC2)n1.C=CC.CC. The molecule has 2 nitrogen and oxygen atoms in total. The minimum Gasteiger partial charge on any atom is -0.241 e. The van der Waals surface area contributed by atoms with Crippen LogP contribution in [0.25, 0.3) is 11.8 Å². The maximum Gasteiger partial charge on any atom is 0.0855 e. The summed E-state index contributed by atoms with van der Waals surface area (Å²) in [5, 5.41) is 4.48. The lowest BCUT2D eigenvalue weighted by atomic mass is 10.2. The van der Waals surface area contributed by atoms with Crippen LogP contribution >= 0.6 is 0 Å². The summed E-state index contributed by atoms with van der Waals surface area (Å²) >= 11 is 0. The average Bonchev–Trinajstić information content (AvgIpc) is 3.25. The van der Waals surface area contributed by atoms with E-state index in [-0.39, 0.29) is 0 Å². The molecule has 23 heavy (non-hydrogen) atoms. The average molecular weight is 310 g/mol. The molecule has 0 aliphatic heterocycles. The topological polar surface area (TPSA) is 17.8 Å². The van der Waals surface area contributed by atoms with Crippen LogP contribution in [-0.2, 0) is 0 Å². The smallest absolute Gasteiger partial charge is 0.0855 e. The molecule has 0 spiro atoms. The molecule has 0 atom stereocenters. The largest absolute Gasteiger partial charge is 0.241 e. The Morgan fingerprint density at radius 2 is 1.91 bits per heavy atom. The fourth-order valence-corrected chi connectivity index (χ4v) is 1.70. The standard InChI is InChI=1S/C16H18N2.C3H6.C2H6/c1-4-13(2)14(3)18-12-11-16(17-18)10-9-15-7-5-6-8-15;1-3-2;1-2/h4-7,9-12H,3,8H2,1-2H3;3H,1H2,2H3;1-2H3/b10-9+,13-4+;;. The van der Waals surface area contributed by atoms with Crippen molar-refractivity contribution < 1.29 is 0 Å². The summed E-state index contributed by atoms with van der Waals surface area (Å²) in [6, 6.07) is 1.99. The third-order valence-corrected chi connectivity index (χ3v) is 3.04. The summed E-state index contributed by atoms with van der Waals surface area (Å²) in [7, 11) is 0. The fraction of sp³-hybridized carbons (Fsp3) is 0.286. The van der Waals surface area contributed by atoms with Crippen molar-refractivity contribution in [2.45, 2.75) is 41.0 Å². The van der Waals surface area contributed by atoms with E-state index in [1.165, 1.54) is 5.57 Å². The highest BCUT2D eigenvalue weighted by molar-refractivity contribution is 5.61. The first kappa shape index (κ1) is 20.7. The van der Waals surface area contributed by atoms with E-state index in [0.29, 0.717) is 0 Å². The van der Waals surface area contributed by atoms with Crippen LogP contribution in [0.1, 0.15) is 46.7 Å². The number of nitrogens with zero attached hydrogens (tertiary/aromatic N) is 2. The first-order valence-corrected chi connectivity index (χ1v) is 8.11. The van der Waals surface area contributed by atoms with Crippen LogP contribution in [0.4, 0.5) is 0 Å². The first-order chi connectivity index (χ1) is 11.1. The molecule has 1 heterocycles. The second kappa shape index (κ2) is 12.2. The van der Waals surface area contributed by atoms with Gasteiger partial charge in [-0.3, -0.25) is 0 Å². The maximum absolute atomic E-state index is 4.48. The van der Waals surface area contributed by atoms with Crippen molar-refractivity contribution in [1.29, 1.82) is 0 Å². The van der Waals surface area contributed by atoms with Crippen molar-refractivity contribution in [3.8, 4) is 0 Å². The molecule has 1 aromatic rings. The van der Waals surface area contributed by atoms with E-state index in [1.807, 2.05) is 63.7 Å². The Bertz CT molecular complexity index is 608. The summed E-state index contributed by atoms with van der Waals surface area (Å²) in [6.45, 7) is 17.3. The number of allylic oxidation sites excluding steroid dienone is 9. The van der Waals surface area contributed by atoms with Gasteiger partial charge in [-0.05, 0) is 50.5 Å². The van der Waals surface area contributed by atoms with Gasteiger partial charge in [-0.2, -0.15) is 5.10 Å². The van der Waals surface area contributed by atoms with Gasteiger partial charge in [0.1, 0.15) is 0 Å². The summed E-state index contributed by atoms with van der Waals surface area (Å²) in [5.41, 5.74) is 4.32. The molecule has 1 aromatic heterocycles. The molecular weight excluding hydrogens is 280 g/mol. The Hall–Kier alpha value is -2.35. The Kier molecular flexibility index (Phi) is 11.0. The van der Waals surface area contributed by atoms with Crippen molar-refractivity contribution in [2.75, 3.05) is 0 Å². The molecule has 124 valence electrons. The molecule has 0 amide bonds. The van der Waals surface area contributed by atoms with Gasteiger partial charge in [0.25, 0.3) is 0 Å². The van der Waals surface area contributed by atoms with Crippen LogP contribution in [-0.4, -0.2) is 9.78 Å². The summed E-state index contributed by atoms with van der Waals surface area (Å²) in [6.07, 6.45) is 17.2. The van der Waals surface area contributed by atoms with E-state index in [2.05, 4.69) is 42.6 Å². The Morgan fingerprint density at radius 1 is 1.26 bits per heavy atom. The second-order valence-corrected chi connectivity index (χ2v) is 4.72. The number of aromatic nitrogens is 2. The lowest BCUT2D eigenvalue weighted by molar-refractivity contribution is 0.896. The number of hydrogen-bond acceptors (Lipinski definition) is 1. The van der Waals surface area contributed by atoms with Crippen molar-refractivity contribution in [3.05, 3.63) is 78.7 Å². The van der Waals surface area contributed by atoms with Crippen LogP contribution < -0.4 is 0 Å². The van der Waals surface area contributed by atoms with Crippen LogP contribution in [0, 0.1) is 0 Å². The van der Waals surface area contributed by atoms with Gasteiger partial charge < -0.3 is 0 Å². The molecule has 1 aliphatic carbocycles. The van der Waals surface area contributed by atoms with Crippen molar-refractivity contribution in [1.82, 2.24) is 9.78 Å². The molecule has 2 heteroatoms. The number of hydrogen-bond donors (Lipinski definition) is 0. The predicted octanol–water partition coefficient (Wildman–Crippen LogP) is 6.44. The fourth-order valence-electron chi connectivity index (χ4n) is 1.70. The quantitative estimate of drug-likeness (QED) is 0.462. The molecule has 1 aliphatic rings. The van der Waals surface area contributed by atoms with Crippen molar-refractivity contribution in [2.24, 2.45) is 0 Å². The normalized spacial score (nSPS) is 12.9. The Balaban J connectivity index is 0.000000868. The predicted molar refractivity (Wildman–Crippen MR) is 105 cm³/mol. The van der Waals surface area contributed by atoms with Gasteiger partial charge in [-0.25, -0.2) is 4.68 Å². The molecule has 2 rings (SSSR count). The van der Waals surface area contributed by atoms with Gasteiger partial charge in [-0.15, -0.1) is 6.58 Å². The highest BCUT2D eigenvalue weighted by Crippen LogP contribution is 2.15. The second-order valence-electron chi connectivity index (χ2n) is 4.72. The highest BCUT2D eigenvalue weighted by atomic mass is 15.3. The van der Waals surface area contributed by atoms with E-state index in [1.54, 1.807) is 6.08 Å². The minimum absolute atomic E-state index is 0.916. The van der Waals surface area contributed by atoms with Gasteiger partial charge in [0, 0.05) is 6.20 Å². The summed E-state index contributed by atoms with van der Waals surface area (Å²) in [5.74, 6) is 0.